The highest BCUT2D eigenvalue weighted by atomic mass is 16.4. The number of carboxylic acids is 1. The van der Waals surface area contributed by atoms with Crippen LogP contribution >= 0.6 is 0 Å². The summed E-state index contributed by atoms with van der Waals surface area (Å²) in [4.78, 5) is 26.6. The van der Waals surface area contributed by atoms with E-state index in [0.717, 1.165) is 25.7 Å². The maximum absolute atomic E-state index is 12.2. The molecular formula is C13H20N4O3. The van der Waals surface area contributed by atoms with Crippen LogP contribution in [0.3, 0.4) is 0 Å². The van der Waals surface area contributed by atoms with E-state index in [1.807, 2.05) is 0 Å². The van der Waals surface area contributed by atoms with Crippen molar-refractivity contribution < 1.29 is 14.7 Å². The van der Waals surface area contributed by atoms with Crippen molar-refractivity contribution in [3.8, 4) is 0 Å². The van der Waals surface area contributed by atoms with Gasteiger partial charge in [0.2, 0.25) is 5.91 Å². The molecule has 1 saturated carbocycles. The summed E-state index contributed by atoms with van der Waals surface area (Å²) < 4.78 is 1.65. The average Bonchev–Trinajstić information content (AvgIpc) is 3.08. The van der Waals surface area contributed by atoms with Crippen LogP contribution < -0.4 is 11.1 Å². The van der Waals surface area contributed by atoms with E-state index in [9.17, 15) is 9.59 Å². The quantitative estimate of drug-likeness (QED) is 0.690. The molecule has 1 heterocycles. The van der Waals surface area contributed by atoms with E-state index in [0.29, 0.717) is 19.6 Å². The molecule has 0 aromatic carbocycles. The van der Waals surface area contributed by atoms with Gasteiger partial charge in [0.15, 0.2) is 5.69 Å². The molecule has 0 bridgehead atoms. The molecule has 0 radical (unpaired) electrons. The molecule has 2 rings (SSSR count). The summed E-state index contributed by atoms with van der Waals surface area (Å²) in [6, 6.07) is 0. The van der Waals surface area contributed by atoms with Gasteiger partial charge in [0, 0.05) is 25.8 Å². The third-order valence-electron chi connectivity index (χ3n) is 3.94. The summed E-state index contributed by atoms with van der Waals surface area (Å²) in [5.41, 5.74) is 5.35. The Morgan fingerprint density at radius 2 is 2.15 bits per heavy atom. The van der Waals surface area contributed by atoms with Gasteiger partial charge in [0.25, 0.3) is 0 Å². The third-order valence-corrected chi connectivity index (χ3v) is 3.94. The zero-order chi connectivity index (χ0) is 14.6. The third kappa shape index (κ3) is 2.98. The Morgan fingerprint density at radius 1 is 1.45 bits per heavy atom. The largest absolute Gasteiger partial charge is 0.476 e. The number of hydrogen-bond acceptors (Lipinski definition) is 4. The number of carbonyl (C=O) groups is 2. The van der Waals surface area contributed by atoms with Crippen molar-refractivity contribution in [2.75, 3.05) is 13.1 Å². The van der Waals surface area contributed by atoms with Crippen molar-refractivity contribution in [1.82, 2.24) is 14.9 Å². The number of carbonyl (C=O) groups excluding carboxylic acids is 1. The second kappa shape index (κ2) is 6.04. The van der Waals surface area contributed by atoms with E-state index in [4.69, 9.17) is 10.8 Å². The molecule has 0 saturated heterocycles. The fraction of sp³-hybridized carbons (Fsp3) is 0.615. The number of nitrogens with two attached hydrogens (primary N) is 1. The average molecular weight is 280 g/mol. The number of rotatable bonds is 6. The molecule has 0 unspecified atom stereocenters. The van der Waals surface area contributed by atoms with Crippen molar-refractivity contribution in [1.29, 1.82) is 0 Å². The first-order valence-electron chi connectivity index (χ1n) is 6.81. The lowest BCUT2D eigenvalue weighted by atomic mass is 9.85. The summed E-state index contributed by atoms with van der Waals surface area (Å²) in [7, 11) is 0. The minimum absolute atomic E-state index is 0.00514. The van der Waals surface area contributed by atoms with Crippen LogP contribution in [0.5, 0.6) is 0 Å². The van der Waals surface area contributed by atoms with Gasteiger partial charge in [-0.05, 0) is 12.8 Å². The topological polar surface area (TPSA) is 110 Å². The molecule has 20 heavy (non-hydrogen) atoms. The van der Waals surface area contributed by atoms with E-state index < -0.39 is 11.4 Å². The van der Waals surface area contributed by atoms with Gasteiger partial charge in [0.05, 0.1) is 11.7 Å². The fourth-order valence-corrected chi connectivity index (χ4v) is 2.65. The van der Waals surface area contributed by atoms with Gasteiger partial charge < -0.3 is 20.7 Å². The predicted octanol–water partition coefficient (Wildman–Crippen LogP) is 0.217. The molecule has 7 nitrogen and oxygen atoms in total. The second-order valence-electron chi connectivity index (χ2n) is 5.25. The van der Waals surface area contributed by atoms with Crippen molar-refractivity contribution in [3.63, 3.8) is 0 Å². The van der Waals surface area contributed by atoms with Crippen molar-refractivity contribution >= 4 is 11.9 Å². The highest BCUT2D eigenvalue weighted by Gasteiger charge is 2.39. The van der Waals surface area contributed by atoms with Gasteiger partial charge in [-0.3, -0.25) is 4.79 Å². The molecule has 1 aliphatic rings. The number of aromatic carboxylic acids is 1. The van der Waals surface area contributed by atoms with Gasteiger partial charge in [-0.1, -0.05) is 12.8 Å². The molecule has 4 N–H and O–H groups in total. The molecule has 1 aromatic rings. The van der Waals surface area contributed by atoms with Crippen molar-refractivity contribution in [2.24, 2.45) is 11.1 Å². The molecular weight excluding hydrogens is 260 g/mol. The second-order valence-corrected chi connectivity index (χ2v) is 5.25. The molecule has 1 amide bonds. The Bertz CT molecular complexity index is 492. The van der Waals surface area contributed by atoms with E-state index in [1.54, 1.807) is 4.57 Å². The van der Waals surface area contributed by atoms with E-state index in [-0.39, 0.29) is 11.6 Å². The van der Waals surface area contributed by atoms with Crippen molar-refractivity contribution in [2.45, 2.75) is 32.2 Å². The molecule has 1 aromatic heterocycles. The molecule has 0 atom stereocenters. The Morgan fingerprint density at radius 3 is 2.70 bits per heavy atom. The lowest BCUT2D eigenvalue weighted by Crippen LogP contribution is -2.45. The number of carboxylic acid groups (broad SMARTS) is 1. The number of aromatic nitrogens is 2. The Kier molecular flexibility index (Phi) is 4.39. The first-order chi connectivity index (χ1) is 9.57. The number of nitrogens with zero attached hydrogens (tertiary/aromatic N) is 2. The van der Waals surface area contributed by atoms with Crippen LogP contribution in [0.25, 0.3) is 0 Å². The van der Waals surface area contributed by atoms with Gasteiger partial charge in [0.1, 0.15) is 0 Å². The van der Waals surface area contributed by atoms with Crippen LogP contribution in [0.4, 0.5) is 0 Å². The predicted molar refractivity (Wildman–Crippen MR) is 72.2 cm³/mol. The highest BCUT2D eigenvalue weighted by Crippen LogP contribution is 2.37. The highest BCUT2D eigenvalue weighted by molar-refractivity contribution is 5.85. The normalized spacial score (nSPS) is 17.1. The maximum Gasteiger partial charge on any atom is 0.356 e. The SMILES string of the molecule is NCC1(C(=O)NCCn2cnc(C(=O)O)c2)CCCC1. The summed E-state index contributed by atoms with van der Waals surface area (Å²) in [5.74, 6) is -1.04. The van der Waals surface area contributed by atoms with Gasteiger partial charge >= 0.3 is 5.97 Å². The van der Waals surface area contributed by atoms with E-state index in [1.165, 1.54) is 12.5 Å². The number of imidazole rings is 1. The Balaban J connectivity index is 1.83. The van der Waals surface area contributed by atoms with E-state index >= 15 is 0 Å². The first-order valence-corrected chi connectivity index (χ1v) is 6.81. The zero-order valence-electron chi connectivity index (χ0n) is 11.3. The van der Waals surface area contributed by atoms with E-state index in [2.05, 4.69) is 10.3 Å². The minimum Gasteiger partial charge on any atom is -0.476 e. The molecule has 1 fully saturated rings. The number of hydrogen-bond donors (Lipinski definition) is 3. The Hall–Kier alpha value is -1.89. The number of nitrogens with one attached hydrogen (secondary N) is 1. The smallest absolute Gasteiger partial charge is 0.356 e. The summed E-state index contributed by atoms with van der Waals surface area (Å²) >= 11 is 0. The molecule has 7 heteroatoms. The van der Waals surface area contributed by atoms with Gasteiger partial charge in [-0.2, -0.15) is 0 Å². The number of amides is 1. The van der Waals surface area contributed by atoms with Crippen LogP contribution in [-0.2, 0) is 11.3 Å². The summed E-state index contributed by atoms with van der Waals surface area (Å²) in [6.07, 6.45) is 6.70. The minimum atomic E-state index is -1.05. The standard InChI is InChI=1S/C13H20N4O3/c14-8-13(3-1-2-4-13)12(20)15-5-6-17-7-10(11(18)19)16-9-17/h7,9H,1-6,8,14H2,(H,15,20)(H,18,19). The molecule has 0 aliphatic heterocycles. The molecule has 1 aliphatic carbocycles. The maximum atomic E-state index is 12.2. The van der Waals surface area contributed by atoms with Gasteiger partial charge in [-0.25, -0.2) is 9.78 Å². The zero-order valence-corrected chi connectivity index (χ0v) is 11.3. The lowest BCUT2D eigenvalue weighted by molar-refractivity contribution is -0.130. The van der Waals surface area contributed by atoms with Crippen molar-refractivity contribution in [3.05, 3.63) is 18.2 Å². The van der Waals surface area contributed by atoms with Crippen LogP contribution in [0.2, 0.25) is 0 Å². The first kappa shape index (κ1) is 14.5. The van der Waals surface area contributed by atoms with Crippen LogP contribution in [0, 0.1) is 5.41 Å². The van der Waals surface area contributed by atoms with Crippen LogP contribution in [0.1, 0.15) is 36.2 Å². The summed E-state index contributed by atoms with van der Waals surface area (Å²) in [5, 5.41) is 11.7. The Labute approximate surface area is 117 Å². The van der Waals surface area contributed by atoms with Crippen LogP contribution in [0.15, 0.2) is 12.5 Å². The molecule has 110 valence electrons. The van der Waals surface area contributed by atoms with Gasteiger partial charge in [-0.15, -0.1) is 0 Å². The van der Waals surface area contributed by atoms with Crippen LogP contribution in [-0.4, -0.2) is 39.6 Å². The monoisotopic (exact) mass is 280 g/mol. The summed E-state index contributed by atoms with van der Waals surface area (Å²) in [6.45, 7) is 1.32. The fourth-order valence-electron chi connectivity index (χ4n) is 2.65. The molecule has 0 spiro atoms. The lowest BCUT2D eigenvalue weighted by Gasteiger charge is -2.25.